The highest BCUT2D eigenvalue weighted by Crippen LogP contribution is 2.33. The van der Waals surface area contributed by atoms with Crippen molar-refractivity contribution in [1.29, 1.82) is 0 Å². The van der Waals surface area contributed by atoms with Crippen molar-refractivity contribution in [2.45, 2.75) is 6.92 Å². The average Bonchev–Trinajstić information content (AvgIpc) is 3.03. The SMILES string of the molecule is Cc1c(C(=O)c2ccc(Cl)cc2Cl)oc2cc(-c3cccc(C(=O)O)c3)ccc12. The second kappa shape index (κ2) is 7.39. The highest BCUT2D eigenvalue weighted by Gasteiger charge is 2.21. The van der Waals surface area contributed by atoms with Crippen LogP contribution in [0.4, 0.5) is 0 Å². The molecule has 0 bridgehead atoms. The van der Waals surface area contributed by atoms with Gasteiger partial charge in [-0.05, 0) is 54.4 Å². The van der Waals surface area contributed by atoms with Crippen LogP contribution in [0.2, 0.25) is 10.0 Å². The van der Waals surface area contributed by atoms with Gasteiger partial charge >= 0.3 is 5.97 Å². The maximum atomic E-state index is 13.0. The lowest BCUT2D eigenvalue weighted by molar-refractivity contribution is 0.0696. The first-order valence-electron chi connectivity index (χ1n) is 8.72. The first-order chi connectivity index (χ1) is 13.8. The van der Waals surface area contributed by atoms with Gasteiger partial charge in [0.2, 0.25) is 5.78 Å². The zero-order chi connectivity index (χ0) is 20.7. The summed E-state index contributed by atoms with van der Waals surface area (Å²) in [7, 11) is 0. The minimum absolute atomic E-state index is 0.200. The molecule has 29 heavy (non-hydrogen) atoms. The van der Waals surface area contributed by atoms with Crippen molar-refractivity contribution in [1.82, 2.24) is 0 Å². The van der Waals surface area contributed by atoms with E-state index in [2.05, 4.69) is 0 Å². The number of halogens is 2. The Morgan fingerprint density at radius 1 is 0.931 bits per heavy atom. The molecule has 4 nitrogen and oxygen atoms in total. The van der Waals surface area contributed by atoms with Crippen molar-refractivity contribution in [2.75, 3.05) is 0 Å². The summed E-state index contributed by atoms with van der Waals surface area (Å²) in [4.78, 5) is 24.2. The fraction of sp³-hybridized carbons (Fsp3) is 0.0435. The minimum atomic E-state index is -0.991. The molecule has 0 unspecified atom stereocenters. The minimum Gasteiger partial charge on any atom is -0.478 e. The van der Waals surface area contributed by atoms with Gasteiger partial charge in [0.25, 0.3) is 0 Å². The molecule has 0 spiro atoms. The van der Waals surface area contributed by atoms with Crippen LogP contribution < -0.4 is 0 Å². The molecule has 6 heteroatoms. The lowest BCUT2D eigenvalue weighted by atomic mass is 10.0. The molecular weight excluding hydrogens is 411 g/mol. The van der Waals surface area contributed by atoms with E-state index in [9.17, 15) is 14.7 Å². The van der Waals surface area contributed by atoms with E-state index in [1.165, 1.54) is 12.1 Å². The number of hydrogen-bond acceptors (Lipinski definition) is 3. The molecule has 0 radical (unpaired) electrons. The molecule has 4 rings (SSSR count). The molecule has 1 aromatic heterocycles. The van der Waals surface area contributed by atoms with Crippen molar-refractivity contribution >= 4 is 45.9 Å². The lowest BCUT2D eigenvalue weighted by Crippen LogP contribution is -2.02. The van der Waals surface area contributed by atoms with Crippen LogP contribution in [0.5, 0.6) is 0 Å². The summed E-state index contributed by atoms with van der Waals surface area (Å²) in [6.07, 6.45) is 0. The van der Waals surface area contributed by atoms with Gasteiger partial charge in [-0.3, -0.25) is 4.79 Å². The molecule has 4 aromatic rings. The van der Waals surface area contributed by atoms with Gasteiger partial charge in [-0.25, -0.2) is 4.79 Å². The summed E-state index contributed by atoms with van der Waals surface area (Å²) in [5, 5.41) is 10.7. The van der Waals surface area contributed by atoms with Gasteiger partial charge in [0.15, 0.2) is 5.76 Å². The lowest BCUT2D eigenvalue weighted by Gasteiger charge is -2.03. The number of rotatable bonds is 4. The Morgan fingerprint density at radius 2 is 1.69 bits per heavy atom. The maximum Gasteiger partial charge on any atom is 0.335 e. The Balaban J connectivity index is 1.79. The third-order valence-electron chi connectivity index (χ3n) is 4.76. The predicted molar refractivity (Wildman–Crippen MR) is 113 cm³/mol. The summed E-state index contributed by atoms with van der Waals surface area (Å²) >= 11 is 12.1. The van der Waals surface area contributed by atoms with Crippen molar-refractivity contribution in [3.05, 3.63) is 93.2 Å². The van der Waals surface area contributed by atoms with Gasteiger partial charge in [0.05, 0.1) is 10.6 Å². The number of hydrogen-bond donors (Lipinski definition) is 1. The predicted octanol–water partition coefficient (Wildman–Crippen LogP) is 6.64. The number of benzene rings is 3. The summed E-state index contributed by atoms with van der Waals surface area (Å²) in [6, 6.07) is 16.9. The van der Waals surface area contributed by atoms with Crippen LogP contribution in [0.25, 0.3) is 22.1 Å². The van der Waals surface area contributed by atoms with Crippen LogP contribution in [0.15, 0.2) is 65.1 Å². The maximum absolute atomic E-state index is 13.0. The molecule has 0 saturated carbocycles. The first kappa shape index (κ1) is 19.2. The number of carbonyl (C=O) groups excluding carboxylic acids is 1. The summed E-state index contributed by atoms with van der Waals surface area (Å²) < 4.78 is 5.88. The van der Waals surface area contributed by atoms with Crippen molar-refractivity contribution in [3.8, 4) is 11.1 Å². The fourth-order valence-corrected chi connectivity index (χ4v) is 3.74. The van der Waals surface area contributed by atoms with Crippen LogP contribution in [-0.2, 0) is 0 Å². The molecule has 0 amide bonds. The number of fused-ring (bicyclic) bond motifs is 1. The Hall–Kier alpha value is -3.08. The zero-order valence-electron chi connectivity index (χ0n) is 15.2. The molecule has 0 aliphatic rings. The molecule has 3 aromatic carbocycles. The van der Waals surface area contributed by atoms with Gasteiger partial charge in [0.1, 0.15) is 5.58 Å². The molecule has 1 heterocycles. The highest BCUT2D eigenvalue weighted by molar-refractivity contribution is 6.37. The molecule has 0 atom stereocenters. The fourth-order valence-electron chi connectivity index (χ4n) is 3.25. The van der Waals surface area contributed by atoms with Gasteiger partial charge in [-0.1, -0.05) is 47.5 Å². The number of aromatic carboxylic acids is 1. The number of carboxylic acid groups (broad SMARTS) is 1. The number of carbonyl (C=O) groups is 2. The van der Waals surface area contributed by atoms with Gasteiger partial charge in [-0.2, -0.15) is 0 Å². The first-order valence-corrected chi connectivity index (χ1v) is 9.47. The smallest absolute Gasteiger partial charge is 0.335 e. The topological polar surface area (TPSA) is 67.5 Å². The van der Waals surface area contributed by atoms with Crippen molar-refractivity contribution < 1.29 is 19.1 Å². The van der Waals surface area contributed by atoms with Gasteiger partial charge in [-0.15, -0.1) is 0 Å². The molecule has 144 valence electrons. The van der Waals surface area contributed by atoms with Gasteiger partial charge in [0, 0.05) is 21.5 Å². The Morgan fingerprint density at radius 3 is 2.41 bits per heavy atom. The summed E-state index contributed by atoms with van der Waals surface area (Å²) in [5.41, 5.74) is 3.29. The molecule has 0 fully saturated rings. The zero-order valence-corrected chi connectivity index (χ0v) is 16.7. The number of aryl methyl sites for hydroxylation is 1. The third-order valence-corrected chi connectivity index (χ3v) is 5.31. The number of carboxylic acids is 1. The second-order valence-corrected chi connectivity index (χ2v) is 7.45. The molecule has 0 saturated heterocycles. The van der Waals surface area contributed by atoms with E-state index in [1.54, 1.807) is 30.3 Å². The van der Waals surface area contributed by atoms with E-state index in [-0.39, 0.29) is 22.1 Å². The number of furan rings is 1. The molecule has 1 N–H and O–H groups in total. The van der Waals surface area contributed by atoms with Gasteiger partial charge < -0.3 is 9.52 Å². The quantitative estimate of drug-likeness (QED) is 0.372. The van der Waals surface area contributed by atoms with E-state index in [0.717, 1.165) is 16.5 Å². The monoisotopic (exact) mass is 424 g/mol. The van der Waals surface area contributed by atoms with Crippen LogP contribution >= 0.6 is 23.2 Å². The molecule has 0 aliphatic carbocycles. The van der Waals surface area contributed by atoms with Crippen LogP contribution in [0.1, 0.15) is 32.0 Å². The molecule has 0 aliphatic heterocycles. The average molecular weight is 425 g/mol. The Kier molecular flexibility index (Phi) is 4.91. The summed E-state index contributed by atoms with van der Waals surface area (Å²) in [5.74, 6) is -1.11. The standard InChI is InChI=1S/C23H14Cl2O4/c1-12-17-7-5-14(13-3-2-4-15(9-13)23(27)28)10-20(17)29-22(12)21(26)18-8-6-16(24)11-19(18)25/h2-11H,1H3,(H,27,28). The largest absolute Gasteiger partial charge is 0.478 e. The Bertz CT molecular complexity index is 1290. The van der Waals surface area contributed by atoms with E-state index < -0.39 is 5.97 Å². The number of ketones is 1. The van der Waals surface area contributed by atoms with Crippen molar-refractivity contribution in [2.24, 2.45) is 0 Å². The van der Waals surface area contributed by atoms with Crippen LogP contribution in [0, 0.1) is 6.92 Å². The second-order valence-electron chi connectivity index (χ2n) is 6.61. The van der Waals surface area contributed by atoms with E-state index in [0.29, 0.717) is 21.7 Å². The highest BCUT2D eigenvalue weighted by atomic mass is 35.5. The third kappa shape index (κ3) is 3.53. The van der Waals surface area contributed by atoms with E-state index in [4.69, 9.17) is 27.6 Å². The molecular formula is C23H14Cl2O4. The van der Waals surface area contributed by atoms with E-state index >= 15 is 0 Å². The van der Waals surface area contributed by atoms with E-state index in [1.807, 2.05) is 25.1 Å². The van der Waals surface area contributed by atoms with Crippen LogP contribution in [0.3, 0.4) is 0 Å². The van der Waals surface area contributed by atoms with Crippen LogP contribution in [-0.4, -0.2) is 16.9 Å². The normalized spacial score (nSPS) is 11.0. The Labute approximate surface area is 176 Å². The van der Waals surface area contributed by atoms with Crippen molar-refractivity contribution in [3.63, 3.8) is 0 Å². The summed E-state index contributed by atoms with van der Waals surface area (Å²) in [6.45, 7) is 1.81.